The van der Waals surface area contributed by atoms with Crippen molar-refractivity contribution in [3.63, 3.8) is 0 Å². The van der Waals surface area contributed by atoms with Gasteiger partial charge in [-0.2, -0.15) is 0 Å². The van der Waals surface area contributed by atoms with E-state index in [1.807, 2.05) is 50.1 Å². The Labute approximate surface area is 156 Å². The molecule has 7 heteroatoms. The van der Waals surface area contributed by atoms with Gasteiger partial charge in [0.25, 0.3) is 0 Å². The molecule has 0 saturated carbocycles. The summed E-state index contributed by atoms with van der Waals surface area (Å²) in [5.74, 6) is 2.91. The van der Waals surface area contributed by atoms with Gasteiger partial charge in [-0.05, 0) is 12.5 Å². The van der Waals surface area contributed by atoms with E-state index in [4.69, 9.17) is 14.2 Å². The Bertz CT molecular complexity index is 510. The number of hydrogen-bond donors (Lipinski definition) is 0. The van der Waals surface area contributed by atoms with E-state index < -0.39 is 0 Å². The SMILES string of the molecule is COc1ccc(CCN=C(N(C)C)N(C)C)c(OC)c1OC.I. The van der Waals surface area contributed by atoms with Gasteiger partial charge in [0.1, 0.15) is 0 Å². The molecule has 0 aliphatic carbocycles. The van der Waals surface area contributed by atoms with Crippen LogP contribution in [0.5, 0.6) is 17.2 Å². The smallest absolute Gasteiger partial charge is 0.203 e. The molecule has 0 bridgehead atoms. The Morgan fingerprint density at radius 2 is 1.48 bits per heavy atom. The third-order valence-corrected chi connectivity index (χ3v) is 3.22. The number of guanidine groups is 1. The second-order valence-corrected chi connectivity index (χ2v) is 5.21. The fraction of sp³-hybridized carbons (Fsp3) is 0.562. The lowest BCUT2D eigenvalue weighted by Crippen LogP contribution is -2.35. The molecule has 0 aliphatic rings. The number of ether oxygens (including phenoxy) is 3. The zero-order valence-electron chi connectivity index (χ0n) is 15.0. The van der Waals surface area contributed by atoms with E-state index in [2.05, 4.69) is 4.99 Å². The summed E-state index contributed by atoms with van der Waals surface area (Å²) in [6.07, 6.45) is 0.759. The van der Waals surface area contributed by atoms with Crippen molar-refractivity contribution >= 4 is 29.9 Å². The van der Waals surface area contributed by atoms with Crippen LogP contribution in [-0.4, -0.2) is 71.8 Å². The van der Waals surface area contributed by atoms with E-state index in [0.717, 1.165) is 17.9 Å². The number of rotatable bonds is 6. The first kappa shape index (κ1) is 21.6. The zero-order valence-corrected chi connectivity index (χ0v) is 17.4. The molecule has 0 aromatic heterocycles. The highest BCUT2D eigenvalue weighted by Crippen LogP contribution is 2.39. The van der Waals surface area contributed by atoms with Crippen LogP contribution in [0.2, 0.25) is 0 Å². The molecule has 0 saturated heterocycles. The number of methoxy groups -OCH3 is 3. The molecular formula is C16H28IN3O3. The molecular weight excluding hydrogens is 409 g/mol. The van der Waals surface area contributed by atoms with E-state index in [1.165, 1.54) is 0 Å². The maximum Gasteiger partial charge on any atom is 0.203 e. The summed E-state index contributed by atoms with van der Waals surface area (Å²) in [7, 11) is 12.8. The van der Waals surface area contributed by atoms with Crippen LogP contribution in [0, 0.1) is 0 Å². The summed E-state index contributed by atoms with van der Waals surface area (Å²) in [4.78, 5) is 8.62. The maximum absolute atomic E-state index is 5.49. The van der Waals surface area contributed by atoms with Gasteiger partial charge in [0.2, 0.25) is 5.75 Å². The predicted molar refractivity (Wildman–Crippen MR) is 105 cm³/mol. The molecule has 132 valence electrons. The van der Waals surface area contributed by atoms with Crippen LogP contribution in [0.4, 0.5) is 0 Å². The van der Waals surface area contributed by atoms with Gasteiger partial charge in [-0.25, -0.2) is 0 Å². The largest absolute Gasteiger partial charge is 0.493 e. The number of halogens is 1. The van der Waals surface area contributed by atoms with Crippen LogP contribution < -0.4 is 14.2 Å². The summed E-state index contributed by atoms with van der Waals surface area (Å²) in [5.41, 5.74) is 1.04. The summed E-state index contributed by atoms with van der Waals surface area (Å²) >= 11 is 0. The normalized spacial score (nSPS) is 9.52. The summed E-state index contributed by atoms with van der Waals surface area (Å²) < 4.78 is 16.2. The van der Waals surface area contributed by atoms with Gasteiger partial charge < -0.3 is 24.0 Å². The van der Waals surface area contributed by atoms with Gasteiger partial charge in [0, 0.05) is 40.3 Å². The molecule has 1 aromatic rings. The number of benzene rings is 1. The van der Waals surface area contributed by atoms with Crippen LogP contribution in [0.1, 0.15) is 5.56 Å². The standard InChI is InChI=1S/C16H27N3O3.HI/c1-18(2)16(19(3)4)17-11-10-12-8-9-13(20-5)15(22-7)14(12)21-6;/h8-9H,10-11H2,1-7H3;1H. The van der Waals surface area contributed by atoms with E-state index in [-0.39, 0.29) is 24.0 Å². The molecule has 0 heterocycles. The number of hydrogen-bond acceptors (Lipinski definition) is 4. The monoisotopic (exact) mass is 437 g/mol. The van der Waals surface area contributed by atoms with E-state index in [0.29, 0.717) is 23.8 Å². The van der Waals surface area contributed by atoms with Crippen LogP contribution >= 0.6 is 24.0 Å². The summed E-state index contributed by atoms with van der Waals surface area (Å²) in [6, 6.07) is 3.87. The number of nitrogens with zero attached hydrogens (tertiary/aromatic N) is 3. The van der Waals surface area contributed by atoms with Crippen LogP contribution in [0.25, 0.3) is 0 Å². The highest BCUT2D eigenvalue weighted by Gasteiger charge is 2.15. The minimum atomic E-state index is 0. The maximum atomic E-state index is 5.49. The quantitative estimate of drug-likeness (QED) is 0.389. The topological polar surface area (TPSA) is 46.5 Å². The van der Waals surface area contributed by atoms with E-state index >= 15 is 0 Å². The fourth-order valence-electron chi connectivity index (χ4n) is 2.32. The molecule has 0 spiro atoms. The molecule has 0 atom stereocenters. The highest BCUT2D eigenvalue weighted by molar-refractivity contribution is 14.0. The van der Waals surface area contributed by atoms with Gasteiger partial charge in [0.15, 0.2) is 17.5 Å². The van der Waals surface area contributed by atoms with Crippen LogP contribution in [-0.2, 0) is 6.42 Å². The Balaban J connectivity index is 0.00000484. The lowest BCUT2D eigenvalue weighted by molar-refractivity contribution is 0.322. The van der Waals surface area contributed by atoms with E-state index in [1.54, 1.807) is 21.3 Å². The van der Waals surface area contributed by atoms with Gasteiger partial charge in [0.05, 0.1) is 21.3 Å². The molecule has 0 amide bonds. The van der Waals surface area contributed by atoms with Crippen LogP contribution in [0.15, 0.2) is 17.1 Å². The third-order valence-electron chi connectivity index (χ3n) is 3.22. The lowest BCUT2D eigenvalue weighted by atomic mass is 10.1. The third kappa shape index (κ3) is 5.63. The van der Waals surface area contributed by atoms with Crippen molar-refractivity contribution in [3.8, 4) is 17.2 Å². The van der Waals surface area contributed by atoms with Crippen molar-refractivity contribution < 1.29 is 14.2 Å². The average Bonchev–Trinajstić information content (AvgIpc) is 2.49. The first-order valence-electron chi connectivity index (χ1n) is 7.13. The van der Waals surface area contributed by atoms with Gasteiger partial charge >= 0.3 is 0 Å². The van der Waals surface area contributed by atoms with E-state index in [9.17, 15) is 0 Å². The Hall–Kier alpha value is -1.38. The van der Waals surface area contributed by atoms with Crippen molar-refractivity contribution in [3.05, 3.63) is 17.7 Å². The minimum absolute atomic E-state index is 0. The fourth-order valence-corrected chi connectivity index (χ4v) is 2.32. The van der Waals surface area contributed by atoms with Crippen molar-refractivity contribution in [1.29, 1.82) is 0 Å². The average molecular weight is 437 g/mol. The first-order chi connectivity index (χ1) is 10.5. The first-order valence-corrected chi connectivity index (χ1v) is 7.13. The van der Waals surface area contributed by atoms with Gasteiger partial charge in [-0.3, -0.25) is 4.99 Å². The minimum Gasteiger partial charge on any atom is -0.493 e. The molecule has 23 heavy (non-hydrogen) atoms. The summed E-state index contributed by atoms with van der Waals surface area (Å²) in [6.45, 7) is 0.664. The molecule has 0 fully saturated rings. The van der Waals surface area contributed by atoms with Crippen LogP contribution in [0.3, 0.4) is 0 Å². The lowest BCUT2D eigenvalue weighted by Gasteiger charge is -2.22. The molecule has 1 aromatic carbocycles. The van der Waals surface area contributed by atoms with Crippen molar-refractivity contribution in [2.75, 3.05) is 56.1 Å². The molecule has 0 radical (unpaired) electrons. The molecule has 6 nitrogen and oxygen atoms in total. The molecule has 0 aliphatic heterocycles. The second kappa shape index (κ2) is 10.4. The molecule has 0 unspecified atom stereocenters. The zero-order chi connectivity index (χ0) is 16.7. The summed E-state index contributed by atoms with van der Waals surface area (Å²) in [5, 5.41) is 0. The Morgan fingerprint density at radius 1 is 0.913 bits per heavy atom. The molecule has 0 N–H and O–H groups in total. The van der Waals surface area contributed by atoms with Gasteiger partial charge in [-0.1, -0.05) is 6.07 Å². The van der Waals surface area contributed by atoms with Crippen molar-refractivity contribution in [2.24, 2.45) is 4.99 Å². The highest BCUT2D eigenvalue weighted by atomic mass is 127. The van der Waals surface area contributed by atoms with Gasteiger partial charge in [-0.15, -0.1) is 24.0 Å². The Kier molecular flexibility index (Phi) is 9.78. The Morgan fingerprint density at radius 3 is 1.91 bits per heavy atom. The van der Waals surface area contributed by atoms with Crippen molar-refractivity contribution in [2.45, 2.75) is 6.42 Å². The molecule has 1 rings (SSSR count). The predicted octanol–water partition coefficient (Wildman–Crippen LogP) is 2.35. The second-order valence-electron chi connectivity index (χ2n) is 5.21. The van der Waals surface area contributed by atoms with Crippen molar-refractivity contribution in [1.82, 2.24) is 9.80 Å². The number of aliphatic imine (C=N–C) groups is 1.